The summed E-state index contributed by atoms with van der Waals surface area (Å²) in [6.07, 6.45) is 3.75. The summed E-state index contributed by atoms with van der Waals surface area (Å²) in [5.41, 5.74) is 2.26. The van der Waals surface area contributed by atoms with Gasteiger partial charge in [-0.3, -0.25) is 4.79 Å². The van der Waals surface area contributed by atoms with Crippen LogP contribution in [0.4, 0.5) is 0 Å². The summed E-state index contributed by atoms with van der Waals surface area (Å²) in [5, 5.41) is 0. The zero-order valence-electron chi connectivity index (χ0n) is 15.2. The van der Waals surface area contributed by atoms with Crippen LogP contribution in [0.1, 0.15) is 22.8 Å². The number of hydrogen-bond donors (Lipinski definition) is 0. The second kappa shape index (κ2) is 7.62. The highest BCUT2D eigenvalue weighted by Gasteiger charge is 2.18. The minimum absolute atomic E-state index is 0.0107. The van der Waals surface area contributed by atoms with Gasteiger partial charge < -0.3 is 4.57 Å². The lowest BCUT2D eigenvalue weighted by Gasteiger charge is -2.04. The van der Waals surface area contributed by atoms with Crippen molar-refractivity contribution in [2.75, 3.05) is 6.26 Å². The van der Waals surface area contributed by atoms with Gasteiger partial charge in [-0.25, -0.2) is 8.42 Å². The highest BCUT2D eigenvalue weighted by molar-refractivity contribution is 7.90. The van der Waals surface area contributed by atoms with Gasteiger partial charge in [0.25, 0.3) is 5.91 Å². The molecule has 0 bridgehead atoms. The quantitative estimate of drug-likeness (QED) is 0.615. The van der Waals surface area contributed by atoms with Crippen LogP contribution >= 0.6 is 11.3 Å². The smallest absolute Gasteiger partial charge is 0.280 e. The van der Waals surface area contributed by atoms with Gasteiger partial charge >= 0.3 is 0 Å². The maximum Gasteiger partial charge on any atom is 0.280 e. The fraction of sp³-hybridized carbons (Fsp3) is 0.200. The molecule has 1 amide bonds. The van der Waals surface area contributed by atoms with E-state index in [4.69, 9.17) is 0 Å². The molecular weight excluding hydrogens is 380 g/mol. The number of rotatable bonds is 5. The van der Waals surface area contributed by atoms with Crippen molar-refractivity contribution in [1.82, 2.24) is 4.57 Å². The van der Waals surface area contributed by atoms with Crippen LogP contribution in [0.2, 0.25) is 0 Å². The largest absolute Gasteiger partial charge is 0.312 e. The van der Waals surface area contributed by atoms with Crippen LogP contribution in [0.15, 0.2) is 65.0 Å². The number of hydrogen-bond acceptors (Lipinski definition) is 4. The summed E-state index contributed by atoms with van der Waals surface area (Å²) >= 11 is 1.41. The van der Waals surface area contributed by atoms with Gasteiger partial charge in [0.2, 0.25) is 0 Å². The molecule has 0 saturated carbocycles. The van der Waals surface area contributed by atoms with Crippen molar-refractivity contribution in [2.45, 2.75) is 24.8 Å². The lowest BCUT2D eigenvalue weighted by molar-refractivity contribution is 0.0994. The summed E-state index contributed by atoms with van der Waals surface area (Å²) in [4.78, 5) is 17.5. The highest BCUT2D eigenvalue weighted by Crippen LogP contribution is 2.21. The van der Waals surface area contributed by atoms with Crippen molar-refractivity contribution >= 4 is 37.3 Å². The minimum Gasteiger partial charge on any atom is -0.312 e. The Morgan fingerprint density at radius 1 is 1.26 bits per heavy atom. The molecule has 5 nitrogen and oxygen atoms in total. The molecule has 0 aliphatic carbocycles. The molecule has 27 heavy (non-hydrogen) atoms. The molecule has 0 aliphatic heterocycles. The summed E-state index contributed by atoms with van der Waals surface area (Å²) in [6, 6.07) is 12.3. The first-order valence-corrected chi connectivity index (χ1v) is 11.2. The number of fused-ring (bicyclic) bond motifs is 1. The number of allylic oxidation sites excluding steroid dienone is 1. The first-order chi connectivity index (χ1) is 12.8. The summed E-state index contributed by atoms with van der Waals surface area (Å²) in [5.74, 6) is -0.573. The molecule has 140 valence electrons. The Labute approximate surface area is 162 Å². The number of sulfone groups is 1. The van der Waals surface area contributed by atoms with Gasteiger partial charge in [0.1, 0.15) is 0 Å². The lowest BCUT2D eigenvalue weighted by atomic mass is 10.2. The fourth-order valence-corrected chi connectivity index (χ4v) is 4.82. The second-order valence-electron chi connectivity index (χ2n) is 6.12. The Kier molecular flexibility index (Phi) is 5.43. The van der Waals surface area contributed by atoms with E-state index in [0.29, 0.717) is 11.3 Å². The molecule has 2 aromatic carbocycles. The van der Waals surface area contributed by atoms with Crippen LogP contribution in [0.5, 0.6) is 0 Å². The van der Waals surface area contributed by atoms with Gasteiger partial charge in [-0.1, -0.05) is 42.5 Å². The Hall–Kier alpha value is -2.51. The van der Waals surface area contributed by atoms with Crippen molar-refractivity contribution < 1.29 is 13.2 Å². The van der Waals surface area contributed by atoms with Crippen LogP contribution < -0.4 is 4.80 Å². The molecule has 3 aromatic rings. The molecule has 1 heterocycles. The maximum atomic E-state index is 12.8. The molecule has 7 heteroatoms. The zero-order valence-corrected chi connectivity index (χ0v) is 16.8. The van der Waals surface area contributed by atoms with Gasteiger partial charge in [-0.2, -0.15) is 4.99 Å². The second-order valence-corrected chi connectivity index (χ2v) is 9.12. The molecule has 0 saturated heterocycles. The Morgan fingerprint density at radius 2 is 2.00 bits per heavy atom. The van der Waals surface area contributed by atoms with Crippen molar-refractivity contribution in [2.24, 2.45) is 4.99 Å². The molecule has 0 atom stereocenters. The van der Waals surface area contributed by atoms with Crippen LogP contribution in [0.3, 0.4) is 0 Å². The third-order valence-corrected chi connectivity index (χ3v) is 6.38. The Morgan fingerprint density at radius 3 is 2.67 bits per heavy atom. The van der Waals surface area contributed by atoms with E-state index in [2.05, 4.69) is 30.6 Å². The van der Waals surface area contributed by atoms with Crippen LogP contribution in [-0.4, -0.2) is 25.1 Å². The van der Waals surface area contributed by atoms with E-state index in [1.165, 1.54) is 29.0 Å². The molecule has 0 spiro atoms. The minimum atomic E-state index is -3.53. The Bertz CT molecular complexity index is 1200. The normalized spacial score (nSPS) is 12.4. The number of carbonyl (C=O) groups excluding carboxylic acids is 1. The Balaban J connectivity index is 2.20. The molecule has 0 N–H and O–H groups in total. The van der Waals surface area contributed by atoms with E-state index >= 15 is 0 Å². The average Bonchev–Trinajstić information content (AvgIpc) is 2.97. The average molecular weight is 401 g/mol. The summed E-state index contributed by atoms with van der Waals surface area (Å²) in [6.45, 7) is 6.37. The van der Waals surface area contributed by atoms with E-state index in [9.17, 15) is 13.2 Å². The van der Waals surface area contributed by atoms with E-state index in [1.54, 1.807) is 18.2 Å². The zero-order chi connectivity index (χ0) is 19.6. The van der Waals surface area contributed by atoms with Gasteiger partial charge in [0.15, 0.2) is 14.6 Å². The monoisotopic (exact) mass is 400 g/mol. The standard InChI is InChI=1S/C20H20N2O3S2/c1-4-12-22-16-11-10-14(5-2)13-17(16)26-20(22)21-19(23)15-8-6-7-9-18(15)27(3,24)25/h4,6-11,13H,1,5,12H2,2-3H3. The van der Waals surface area contributed by atoms with E-state index in [0.717, 1.165) is 22.9 Å². The summed E-state index contributed by atoms with van der Waals surface area (Å²) < 4.78 is 26.9. The number of amides is 1. The number of aryl methyl sites for hydroxylation is 1. The molecular formula is C20H20N2O3S2. The van der Waals surface area contributed by atoms with Crippen molar-refractivity contribution in [3.05, 3.63) is 71.0 Å². The van der Waals surface area contributed by atoms with E-state index < -0.39 is 15.7 Å². The number of nitrogens with zero attached hydrogens (tertiary/aromatic N) is 2. The first kappa shape index (κ1) is 19.3. The predicted octanol–water partition coefficient (Wildman–Crippen LogP) is 3.60. The number of carbonyl (C=O) groups is 1. The summed E-state index contributed by atoms with van der Waals surface area (Å²) in [7, 11) is -3.53. The van der Waals surface area contributed by atoms with Crippen molar-refractivity contribution in [3.8, 4) is 0 Å². The maximum absolute atomic E-state index is 12.8. The number of thiazole rings is 1. The highest BCUT2D eigenvalue weighted by atomic mass is 32.2. The van der Waals surface area contributed by atoms with Gasteiger partial charge in [0.05, 0.1) is 20.7 Å². The molecule has 0 radical (unpaired) electrons. The van der Waals surface area contributed by atoms with E-state index in [1.807, 2.05) is 10.6 Å². The molecule has 3 rings (SSSR count). The van der Waals surface area contributed by atoms with E-state index in [-0.39, 0.29) is 10.5 Å². The van der Waals surface area contributed by atoms with Gasteiger partial charge in [-0.15, -0.1) is 6.58 Å². The predicted molar refractivity (Wildman–Crippen MR) is 109 cm³/mol. The van der Waals surface area contributed by atoms with Crippen LogP contribution in [0, 0.1) is 0 Å². The van der Waals surface area contributed by atoms with Gasteiger partial charge in [-0.05, 0) is 36.2 Å². The third-order valence-electron chi connectivity index (χ3n) is 4.18. The number of aromatic nitrogens is 1. The van der Waals surface area contributed by atoms with Gasteiger partial charge in [0, 0.05) is 12.8 Å². The van der Waals surface area contributed by atoms with Crippen molar-refractivity contribution in [1.29, 1.82) is 0 Å². The topological polar surface area (TPSA) is 68.5 Å². The molecule has 0 unspecified atom stereocenters. The van der Waals surface area contributed by atoms with Crippen LogP contribution in [0.25, 0.3) is 10.2 Å². The third kappa shape index (κ3) is 3.94. The first-order valence-electron chi connectivity index (χ1n) is 8.46. The molecule has 0 aliphatic rings. The molecule has 0 fully saturated rings. The fourth-order valence-electron chi connectivity index (χ4n) is 2.84. The molecule has 1 aromatic heterocycles. The van der Waals surface area contributed by atoms with Crippen LogP contribution in [-0.2, 0) is 22.8 Å². The SMILES string of the molecule is C=CCn1c(=NC(=O)c2ccccc2S(C)(=O)=O)sc2cc(CC)ccc21. The number of benzene rings is 2. The lowest BCUT2D eigenvalue weighted by Crippen LogP contribution is -2.17. The van der Waals surface area contributed by atoms with Crippen molar-refractivity contribution in [3.63, 3.8) is 0 Å².